The smallest absolute Gasteiger partial charge is 0.282 e. The van der Waals surface area contributed by atoms with Crippen LogP contribution in [0, 0.1) is 5.92 Å². The summed E-state index contributed by atoms with van der Waals surface area (Å²) in [5.41, 5.74) is 0.474. The van der Waals surface area contributed by atoms with E-state index in [1.807, 2.05) is 13.8 Å². The Balaban J connectivity index is 2.24. The van der Waals surface area contributed by atoms with Gasteiger partial charge in [-0.3, -0.25) is 0 Å². The molecule has 0 atom stereocenters. The number of ether oxygens (including phenoxy) is 1. The lowest BCUT2D eigenvalue weighted by molar-refractivity contribution is 0.271. The Morgan fingerprint density at radius 3 is 2.25 bits per heavy atom. The van der Waals surface area contributed by atoms with E-state index in [9.17, 15) is 8.42 Å². The quantitative estimate of drug-likeness (QED) is 0.668. The first kappa shape index (κ1) is 18.8. The number of benzene rings is 2. The van der Waals surface area contributed by atoms with E-state index in [-0.39, 0.29) is 4.90 Å². The normalized spacial score (nSPS) is 12.0. The molecule has 128 valence electrons. The van der Waals surface area contributed by atoms with E-state index in [2.05, 4.69) is 4.40 Å². The highest BCUT2D eigenvalue weighted by molar-refractivity contribution is 7.90. The molecule has 0 aliphatic rings. The van der Waals surface area contributed by atoms with Crippen LogP contribution < -0.4 is 4.74 Å². The number of nitrogens with zero attached hydrogens (tertiary/aromatic N) is 1. The maximum Gasteiger partial charge on any atom is 0.282 e. The topological polar surface area (TPSA) is 55.7 Å². The zero-order valence-corrected chi connectivity index (χ0v) is 15.6. The molecular formula is C17H17Cl2NO3S. The van der Waals surface area contributed by atoms with Crippen molar-refractivity contribution < 1.29 is 13.2 Å². The first-order valence-electron chi connectivity index (χ1n) is 7.27. The van der Waals surface area contributed by atoms with Crippen LogP contribution in [0.5, 0.6) is 5.75 Å². The van der Waals surface area contributed by atoms with Crippen LogP contribution in [0.1, 0.15) is 19.4 Å². The molecule has 0 spiro atoms. The standard InChI is InChI=1S/C17H17Cl2NO3S/c1-12(2)11-23-17-15(18)8-13(9-16(17)19)10-20-24(21,22)14-6-4-3-5-7-14/h3-10,12H,11H2,1-2H3/b20-10-. The largest absolute Gasteiger partial charge is 0.490 e. The molecule has 0 heterocycles. The number of sulfonamides is 1. The van der Waals surface area contributed by atoms with Gasteiger partial charge in [0.15, 0.2) is 5.75 Å². The van der Waals surface area contributed by atoms with Crippen molar-refractivity contribution in [2.45, 2.75) is 18.7 Å². The van der Waals surface area contributed by atoms with Gasteiger partial charge in [0.25, 0.3) is 10.0 Å². The van der Waals surface area contributed by atoms with Crippen molar-refractivity contribution in [3.05, 3.63) is 58.1 Å². The number of hydrogen-bond acceptors (Lipinski definition) is 3. The fourth-order valence-electron chi connectivity index (χ4n) is 1.83. The summed E-state index contributed by atoms with van der Waals surface area (Å²) in [5.74, 6) is 0.712. The third-order valence-electron chi connectivity index (χ3n) is 2.96. The molecule has 0 unspecified atom stereocenters. The average Bonchev–Trinajstić information content (AvgIpc) is 2.53. The van der Waals surface area contributed by atoms with Crippen LogP contribution >= 0.6 is 23.2 Å². The van der Waals surface area contributed by atoms with Crippen molar-refractivity contribution in [3.8, 4) is 5.75 Å². The van der Waals surface area contributed by atoms with Crippen LogP contribution in [0.25, 0.3) is 0 Å². The van der Waals surface area contributed by atoms with Gasteiger partial charge in [-0.1, -0.05) is 55.2 Å². The second-order valence-corrected chi connectivity index (χ2v) is 7.99. The third kappa shape index (κ3) is 4.97. The Kier molecular flexibility index (Phi) is 6.27. The lowest BCUT2D eigenvalue weighted by atomic mass is 10.2. The first-order chi connectivity index (χ1) is 11.3. The molecule has 0 bridgehead atoms. The highest BCUT2D eigenvalue weighted by Crippen LogP contribution is 2.34. The van der Waals surface area contributed by atoms with Crippen LogP contribution in [0.3, 0.4) is 0 Å². The Bertz CT molecular complexity index is 811. The predicted octanol–water partition coefficient (Wildman–Crippen LogP) is 4.84. The fraction of sp³-hybridized carbons (Fsp3) is 0.235. The summed E-state index contributed by atoms with van der Waals surface area (Å²) in [6, 6.07) is 11.1. The minimum Gasteiger partial charge on any atom is -0.490 e. The van der Waals surface area contributed by atoms with Crippen molar-refractivity contribution >= 4 is 39.4 Å². The SMILES string of the molecule is CC(C)COc1c(Cl)cc(/C=N\S(=O)(=O)c2ccccc2)cc1Cl. The summed E-state index contributed by atoms with van der Waals surface area (Å²) in [4.78, 5) is 0.121. The monoisotopic (exact) mass is 385 g/mol. The van der Waals surface area contributed by atoms with Crippen LogP contribution in [0.15, 0.2) is 51.8 Å². The summed E-state index contributed by atoms with van der Waals surface area (Å²) >= 11 is 12.3. The molecule has 0 aromatic heterocycles. The molecule has 2 aromatic carbocycles. The van der Waals surface area contributed by atoms with Crippen LogP contribution in [-0.4, -0.2) is 21.2 Å². The van der Waals surface area contributed by atoms with Crippen molar-refractivity contribution in [2.75, 3.05) is 6.61 Å². The Morgan fingerprint density at radius 2 is 1.71 bits per heavy atom. The van der Waals surface area contributed by atoms with E-state index < -0.39 is 10.0 Å². The van der Waals surface area contributed by atoms with Gasteiger partial charge in [0.1, 0.15) is 0 Å². The number of halogens is 2. The van der Waals surface area contributed by atoms with Crippen LogP contribution in [0.2, 0.25) is 10.0 Å². The predicted molar refractivity (Wildman–Crippen MR) is 98.0 cm³/mol. The van der Waals surface area contributed by atoms with E-state index in [1.54, 1.807) is 30.3 Å². The molecule has 7 heteroatoms. The molecule has 2 rings (SSSR count). The van der Waals surface area contributed by atoms with Crippen molar-refractivity contribution in [1.82, 2.24) is 0 Å². The van der Waals surface area contributed by atoms with E-state index in [4.69, 9.17) is 27.9 Å². The zero-order chi connectivity index (χ0) is 17.7. The van der Waals surface area contributed by atoms with Gasteiger partial charge in [0.05, 0.1) is 21.5 Å². The van der Waals surface area contributed by atoms with Crippen molar-refractivity contribution in [1.29, 1.82) is 0 Å². The summed E-state index contributed by atoms with van der Waals surface area (Å²) < 4.78 is 33.5. The minimum absolute atomic E-state index is 0.121. The maximum atomic E-state index is 12.1. The van der Waals surface area contributed by atoms with Gasteiger partial charge >= 0.3 is 0 Å². The summed E-state index contributed by atoms with van der Waals surface area (Å²) in [6.07, 6.45) is 1.21. The summed E-state index contributed by atoms with van der Waals surface area (Å²) in [6.45, 7) is 4.50. The van der Waals surface area contributed by atoms with E-state index >= 15 is 0 Å². The highest BCUT2D eigenvalue weighted by atomic mass is 35.5. The van der Waals surface area contributed by atoms with Gasteiger partial charge in [0.2, 0.25) is 0 Å². The molecule has 4 nitrogen and oxygen atoms in total. The van der Waals surface area contributed by atoms with E-state index in [0.717, 1.165) is 0 Å². The second-order valence-electron chi connectivity index (χ2n) is 5.54. The Morgan fingerprint density at radius 1 is 1.12 bits per heavy atom. The van der Waals surface area contributed by atoms with E-state index in [1.165, 1.54) is 18.3 Å². The van der Waals surface area contributed by atoms with Gasteiger partial charge in [-0.15, -0.1) is 0 Å². The summed E-state index contributed by atoms with van der Waals surface area (Å²) in [5, 5.41) is 0.614. The third-order valence-corrected chi connectivity index (χ3v) is 4.78. The Labute approximate surface area is 152 Å². The van der Waals surface area contributed by atoms with Crippen LogP contribution in [0.4, 0.5) is 0 Å². The molecule has 24 heavy (non-hydrogen) atoms. The second kappa shape index (κ2) is 8.01. The first-order valence-corrected chi connectivity index (χ1v) is 9.46. The van der Waals surface area contributed by atoms with Gasteiger partial charge < -0.3 is 4.74 Å². The van der Waals surface area contributed by atoms with Gasteiger partial charge in [-0.25, -0.2) is 0 Å². The highest BCUT2D eigenvalue weighted by Gasteiger charge is 2.13. The molecule has 0 aliphatic heterocycles. The number of rotatable bonds is 6. The molecule has 0 saturated carbocycles. The molecular weight excluding hydrogens is 369 g/mol. The molecule has 0 saturated heterocycles. The number of hydrogen-bond donors (Lipinski definition) is 0. The maximum absolute atomic E-state index is 12.1. The van der Waals surface area contributed by atoms with Crippen molar-refractivity contribution in [2.24, 2.45) is 10.3 Å². The van der Waals surface area contributed by atoms with Crippen LogP contribution in [-0.2, 0) is 10.0 Å². The van der Waals surface area contributed by atoms with Gasteiger partial charge in [-0.2, -0.15) is 12.8 Å². The fourth-order valence-corrected chi connectivity index (χ4v) is 3.32. The molecule has 0 amide bonds. The molecule has 0 fully saturated rings. The minimum atomic E-state index is -3.76. The van der Waals surface area contributed by atoms with Gasteiger partial charge in [0, 0.05) is 6.21 Å². The molecule has 0 radical (unpaired) electrons. The zero-order valence-electron chi connectivity index (χ0n) is 13.2. The lowest BCUT2D eigenvalue weighted by Gasteiger charge is -2.12. The molecule has 0 N–H and O–H groups in total. The lowest BCUT2D eigenvalue weighted by Crippen LogP contribution is -2.05. The molecule has 0 aliphatic carbocycles. The summed E-state index contributed by atoms with van der Waals surface area (Å²) in [7, 11) is -3.76. The Hall–Kier alpha value is -1.56. The van der Waals surface area contributed by atoms with E-state index in [0.29, 0.717) is 33.9 Å². The average molecular weight is 386 g/mol. The molecule has 2 aromatic rings. The van der Waals surface area contributed by atoms with Crippen molar-refractivity contribution in [3.63, 3.8) is 0 Å². The van der Waals surface area contributed by atoms with Gasteiger partial charge in [-0.05, 0) is 35.7 Å².